The van der Waals surface area contributed by atoms with E-state index in [2.05, 4.69) is 17.0 Å². The van der Waals surface area contributed by atoms with Gasteiger partial charge in [-0.05, 0) is 55.0 Å². The highest BCUT2D eigenvalue weighted by atomic mass is 32.2. The summed E-state index contributed by atoms with van der Waals surface area (Å²) in [6, 6.07) is 28.5. The van der Waals surface area contributed by atoms with Gasteiger partial charge >= 0.3 is 6.09 Å². The standard InChI is InChI=1S/C33H43N3O5S/c1-34(42(38,39)32-16-10-5-11-17-32)26-30(29-14-8-4-9-15-29)18-21-35-22-19-31(20-23-35)36(24-25-40-2)33(37)41-27-28-12-6-3-7-13-28/h3-17,30-31H,18-27H2,1-2H3. The van der Waals surface area contributed by atoms with E-state index in [1.165, 1.54) is 4.31 Å². The Bertz CT molecular complexity index is 1320. The van der Waals surface area contributed by atoms with E-state index in [0.29, 0.717) is 24.6 Å². The highest BCUT2D eigenvalue weighted by molar-refractivity contribution is 7.89. The van der Waals surface area contributed by atoms with Crippen molar-refractivity contribution in [2.45, 2.75) is 42.7 Å². The molecule has 0 spiro atoms. The first-order chi connectivity index (χ1) is 20.4. The topological polar surface area (TPSA) is 79.4 Å². The molecular weight excluding hydrogens is 550 g/mol. The molecule has 1 atom stereocenters. The lowest BCUT2D eigenvalue weighted by Crippen LogP contribution is -2.49. The second kappa shape index (κ2) is 15.8. The lowest BCUT2D eigenvalue weighted by Gasteiger charge is -2.38. The number of rotatable bonds is 14. The SMILES string of the molecule is COCCN(C(=O)OCc1ccccc1)C1CCN(CCC(CN(C)S(=O)(=O)c2ccccc2)c2ccccc2)CC1. The van der Waals surface area contributed by atoms with Crippen molar-refractivity contribution in [1.29, 1.82) is 0 Å². The van der Waals surface area contributed by atoms with Gasteiger partial charge in [-0.15, -0.1) is 0 Å². The Morgan fingerprint density at radius 1 is 0.929 bits per heavy atom. The van der Waals surface area contributed by atoms with Gasteiger partial charge < -0.3 is 19.3 Å². The molecule has 0 aliphatic carbocycles. The number of ether oxygens (including phenoxy) is 2. The van der Waals surface area contributed by atoms with Gasteiger partial charge in [-0.3, -0.25) is 0 Å². The van der Waals surface area contributed by atoms with Crippen LogP contribution in [0.15, 0.2) is 95.9 Å². The molecule has 0 N–H and O–H groups in total. The molecule has 1 fully saturated rings. The van der Waals surface area contributed by atoms with Crippen LogP contribution in [0, 0.1) is 0 Å². The molecule has 0 saturated carbocycles. The number of piperidine rings is 1. The number of amides is 1. The molecule has 8 nitrogen and oxygen atoms in total. The zero-order chi connectivity index (χ0) is 29.8. The number of hydrogen-bond acceptors (Lipinski definition) is 6. The maximum atomic E-state index is 13.2. The third kappa shape index (κ3) is 8.88. The molecule has 1 saturated heterocycles. The van der Waals surface area contributed by atoms with Crippen molar-refractivity contribution in [1.82, 2.24) is 14.1 Å². The van der Waals surface area contributed by atoms with E-state index in [1.54, 1.807) is 38.4 Å². The van der Waals surface area contributed by atoms with E-state index in [1.807, 2.05) is 59.5 Å². The van der Waals surface area contributed by atoms with Crippen LogP contribution in [0.25, 0.3) is 0 Å². The zero-order valence-electron chi connectivity index (χ0n) is 24.7. The van der Waals surface area contributed by atoms with Gasteiger partial charge in [0.15, 0.2) is 0 Å². The van der Waals surface area contributed by atoms with E-state index in [0.717, 1.165) is 50.0 Å². The van der Waals surface area contributed by atoms with E-state index in [4.69, 9.17) is 9.47 Å². The van der Waals surface area contributed by atoms with Crippen LogP contribution in [0.2, 0.25) is 0 Å². The van der Waals surface area contributed by atoms with E-state index in [-0.39, 0.29) is 24.7 Å². The van der Waals surface area contributed by atoms with Crippen LogP contribution in [0.4, 0.5) is 4.79 Å². The monoisotopic (exact) mass is 593 g/mol. The summed E-state index contributed by atoms with van der Waals surface area (Å²) in [6.45, 7) is 4.17. The van der Waals surface area contributed by atoms with Gasteiger partial charge in [0.25, 0.3) is 0 Å². The summed E-state index contributed by atoms with van der Waals surface area (Å²) < 4.78 is 38.9. The minimum atomic E-state index is -3.58. The van der Waals surface area contributed by atoms with Crippen molar-refractivity contribution >= 4 is 16.1 Å². The third-order valence-corrected chi connectivity index (χ3v) is 9.81. The number of likely N-dealkylation sites (N-methyl/N-ethyl adjacent to an activating group) is 1. The van der Waals surface area contributed by atoms with E-state index < -0.39 is 10.0 Å². The zero-order valence-corrected chi connectivity index (χ0v) is 25.5. The second-order valence-corrected chi connectivity index (χ2v) is 12.8. The number of carbonyl (C=O) groups excluding carboxylic acids is 1. The molecule has 0 bridgehead atoms. The molecule has 3 aromatic carbocycles. The lowest BCUT2D eigenvalue weighted by atomic mass is 9.94. The Hall–Kier alpha value is -3.24. The van der Waals surface area contributed by atoms with Crippen molar-refractivity contribution in [2.75, 3.05) is 53.5 Å². The van der Waals surface area contributed by atoms with E-state index >= 15 is 0 Å². The molecule has 1 aliphatic heterocycles. The first-order valence-corrected chi connectivity index (χ1v) is 16.1. The Morgan fingerprint density at radius 2 is 1.52 bits per heavy atom. The van der Waals surface area contributed by atoms with Gasteiger partial charge in [0, 0.05) is 46.4 Å². The predicted molar refractivity (Wildman–Crippen MR) is 165 cm³/mol. The number of methoxy groups -OCH3 is 1. The van der Waals surface area contributed by atoms with Gasteiger partial charge in [0.2, 0.25) is 10.0 Å². The number of nitrogens with zero attached hydrogens (tertiary/aromatic N) is 3. The Kier molecular flexibility index (Phi) is 12.0. The van der Waals surface area contributed by atoms with E-state index in [9.17, 15) is 13.2 Å². The minimum absolute atomic E-state index is 0.0542. The van der Waals surface area contributed by atoms with Gasteiger partial charge in [0.05, 0.1) is 11.5 Å². The minimum Gasteiger partial charge on any atom is -0.445 e. The first kappa shape index (κ1) is 31.7. The molecule has 9 heteroatoms. The van der Waals surface area contributed by atoms with Crippen molar-refractivity contribution in [3.8, 4) is 0 Å². The molecule has 1 amide bonds. The van der Waals surface area contributed by atoms with Gasteiger partial charge in [-0.1, -0.05) is 78.9 Å². The molecule has 1 aliphatic rings. The molecule has 0 aromatic heterocycles. The van der Waals surface area contributed by atoms with Crippen molar-refractivity contribution < 1.29 is 22.7 Å². The molecular formula is C33H43N3O5S. The molecule has 42 heavy (non-hydrogen) atoms. The summed E-state index contributed by atoms with van der Waals surface area (Å²) in [5.41, 5.74) is 2.09. The first-order valence-electron chi connectivity index (χ1n) is 14.6. The van der Waals surface area contributed by atoms with Crippen LogP contribution >= 0.6 is 0 Å². The Labute approximate surface area is 250 Å². The molecule has 1 unspecified atom stereocenters. The summed E-state index contributed by atoms with van der Waals surface area (Å²) in [5, 5.41) is 0. The smallest absolute Gasteiger partial charge is 0.410 e. The third-order valence-electron chi connectivity index (χ3n) is 7.97. The van der Waals surface area contributed by atoms with Crippen molar-refractivity contribution in [3.63, 3.8) is 0 Å². The lowest BCUT2D eigenvalue weighted by molar-refractivity contribution is 0.0470. The summed E-state index contributed by atoms with van der Waals surface area (Å²) in [7, 11) is -0.278. The Morgan fingerprint density at radius 3 is 2.14 bits per heavy atom. The summed E-state index contributed by atoms with van der Waals surface area (Å²) >= 11 is 0. The maximum Gasteiger partial charge on any atom is 0.410 e. The van der Waals surface area contributed by atoms with Crippen molar-refractivity contribution in [2.24, 2.45) is 0 Å². The quantitative estimate of drug-likeness (QED) is 0.255. The summed E-state index contributed by atoms with van der Waals surface area (Å²) in [4.78, 5) is 17.6. The van der Waals surface area contributed by atoms with Crippen LogP contribution in [-0.4, -0.2) is 88.1 Å². The largest absolute Gasteiger partial charge is 0.445 e. The number of carbonyl (C=O) groups is 1. The maximum absolute atomic E-state index is 13.2. The molecule has 3 aromatic rings. The second-order valence-electron chi connectivity index (χ2n) is 10.8. The highest BCUT2D eigenvalue weighted by Crippen LogP contribution is 2.26. The van der Waals surface area contributed by atoms with Crippen LogP contribution in [0.3, 0.4) is 0 Å². The summed E-state index contributed by atoms with van der Waals surface area (Å²) in [5.74, 6) is 0.0542. The van der Waals surface area contributed by atoms with Crippen LogP contribution in [-0.2, 0) is 26.1 Å². The molecule has 226 valence electrons. The van der Waals surface area contributed by atoms with Gasteiger partial charge in [-0.2, -0.15) is 0 Å². The van der Waals surface area contributed by atoms with Gasteiger partial charge in [0.1, 0.15) is 6.61 Å². The number of sulfonamides is 1. The fourth-order valence-electron chi connectivity index (χ4n) is 5.48. The average molecular weight is 594 g/mol. The molecule has 0 radical (unpaired) electrons. The Balaban J connectivity index is 1.34. The highest BCUT2D eigenvalue weighted by Gasteiger charge is 2.30. The fourth-order valence-corrected chi connectivity index (χ4v) is 6.71. The number of likely N-dealkylation sites (tertiary alicyclic amines) is 1. The van der Waals surface area contributed by atoms with Crippen molar-refractivity contribution in [3.05, 3.63) is 102 Å². The van der Waals surface area contributed by atoms with Crippen LogP contribution in [0.5, 0.6) is 0 Å². The molecule has 4 rings (SSSR count). The average Bonchev–Trinajstić information content (AvgIpc) is 3.04. The number of hydrogen-bond donors (Lipinski definition) is 0. The summed E-state index contributed by atoms with van der Waals surface area (Å²) in [6.07, 6.45) is 2.22. The molecule has 1 heterocycles. The van der Waals surface area contributed by atoms with Crippen LogP contribution < -0.4 is 0 Å². The van der Waals surface area contributed by atoms with Gasteiger partial charge in [-0.25, -0.2) is 17.5 Å². The van der Waals surface area contributed by atoms with Crippen LogP contribution in [0.1, 0.15) is 36.3 Å². The fraction of sp³-hybridized carbons (Fsp3) is 0.424. The predicted octanol–water partition coefficient (Wildman–Crippen LogP) is 5.23. The number of benzene rings is 3. The normalized spacial score (nSPS) is 15.4.